The van der Waals surface area contributed by atoms with Gasteiger partial charge < -0.3 is 0 Å². The summed E-state index contributed by atoms with van der Waals surface area (Å²) in [7, 11) is 0. The van der Waals surface area contributed by atoms with E-state index in [9.17, 15) is 13.2 Å². The van der Waals surface area contributed by atoms with Gasteiger partial charge >= 0.3 is 6.18 Å². The van der Waals surface area contributed by atoms with E-state index in [4.69, 9.17) is 0 Å². The number of hydrogen-bond acceptors (Lipinski definition) is 0. The van der Waals surface area contributed by atoms with Crippen molar-refractivity contribution in [2.75, 3.05) is 0 Å². The van der Waals surface area contributed by atoms with Crippen molar-refractivity contribution in [3.8, 4) is 0 Å². The van der Waals surface area contributed by atoms with Crippen molar-refractivity contribution < 1.29 is 13.2 Å². The smallest absolute Gasteiger partial charge is 0.171 e. The minimum Gasteiger partial charge on any atom is -0.171 e. The largest absolute Gasteiger partial charge is 0.389 e. The predicted molar refractivity (Wildman–Crippen MR) is 76.5 cm³/mol. The van der Waals surface area contributed by atoms with E-state index in [2.05, 4.69) is 6.92 Å². The first-order valence-electron chi connectivity index (χ1n) is 8.54. The molecule has 3 heteroatoms. The average molecular weight is 290 g/mol. The number of alkyl halides is 3. The molecule has 0 radical (unpaired) electrons. The molecule has 0 nitrogen and oxygen atoms in total. The molecule has 2 saturated carbocycles. The van der Waals surface area contributed by atoms with Crippen molar-refractivity contribution in [2.45, 2.75) is 83.7 Å². The Bertz CT molecular complexity index is 268. The van der Waals surface area contributed by atoms with Crippen LogP contribution in [0.15, 0.2) is 0 Å². The van der Waals surface area contributed by atoms with Crippen LogP contribution in [0.2, 0.25) is 0 Å². The summed E-state index contributed by atoms with van der Waals surface area (Å²) in [6.45, 7) is 2.29. The third-order valence-electron chi connectivity index (χ3n) is 5.86. The summed E-state index contributed by atoms with van der Waals surface area (Å²) in [6.07, 6.45) is 7.09. The van der Waals surface area contributed by atoms with E-state index in [0.717, 1.165) is 30.6 Å². The summed E-state index contributed by atoms with van der Waals surface area (Å²) in [6, 6.07) is 0. The lowest BCUT2D eigenvalue weighted by molar-refractivity contribution is -0.138. The first kappa shape index (κ1) is 16.2. The van der Waals surface area contributed by atoms with Gasteiger partial charge in [0.2, 0.25) is 0 Å². The molecule has 0 bridgehead atoms. The third kappa shape index (κ3) is 4.96. The van der Waals surface area contributed by atoms with E-state index in [1.165, 1.54) is 44.9 Å². The highest BCUT2D eigenvalue weighted by Gasteiger charge is 2.33. The molecule has 118 valence electrons. The summed E-state index contributed by atoms with van der Waals surface area (Å²) >= 11 is 0. The zero-order chi connectivity index (χ0) is 14.6. The highest BCUT2D eigenvalue weighted by Crippen LogP contribution is 2.43. The van der Waals surface area contributed by atoms with Gasteiger partial charge in [-0.05, 0) is 55.8 Å². The molecular formula is C17H29F3. The van der Waals surface area contributed by atoms with Gasteiger partial charge in [0.25, 0.3) is 0 Å². The molecule has 2 aliphatic carbocycles. The van der Waals surface area contributed by atoms with E-state index < -0.39 is 12.6 Å². The van der Waals surface area contributed by atoms with Gasteiger partial charge in [0.15, 0.2) is 0 Å². The maximum atomic E-state index is 12.2. The fourth-order valence-corrected chi connectivity index (χ4v) is 4.38. The molecule has 0 unspecified atom stereocenters. The summed E-state index contributed by atoms with van der Waals surface area (Å²) in [4.78, 5) is 0. The van der Waals surface area contributed by atoms with Crippen molar-refractivity contribution >= 4 is 0 Å². The van der Waals surface area contributed by atoms with Crippen LogP contribution < -0.4 is 0 Å². The highest BCUT2D eigenvalue weighted by atomic mass is 19.4. The fraction of sp³-hybridized carbons (Fsp3) is 1.00. The molecule has 0 aromatic rings. The second-order valence-corrected chi connectivity index (χ2v) is 7.12. The standard InChI is InChI=1S/C17H29F3/c1-2-13-3-7-15(8-4-13)16-9-5-14(6-10-16)11-12-17(18,19)20/h13-16H,2-12H2,1H3. The molecule has 0 aliphatic heterocycles. The lowest BCUT2D eigenvalue weighted by atomic mass is 9.68. The van der Waals surface area contributed by atoms with E-state index in [1.807, 2.05) is 0 Å². The topological polar surface area (TPSA) is 0 Å². The van der Waals surface area contributed by atoms with Crippen LogP contribution in [-0.2, 0) is 0 Å². The van der Waals surface area contributed by atoms with Gasteiger partial charge in [0, 0.05) is 6.42 Å². The van der Waals surface area contributed by atoms with Gasteiger partial charge in [-0.25, -0.2) is 0 Å². The Morgan fingerprint density at radius 3 is 1.60 bits per heavy atom. The Balaban J connectivity index is 1.67. The van der Waals surface area contributed by atoms with Crippen LogP contribution in [-0.4, -0.2) is 6.18 Å². The molecule has 20 heavy (non-hydrogen) atoms. The lowest BCUT2D eigenvalue weighted by Crippen LogP contribution is -2.26. The molecule has 0 saturated heterocycles. The lowest BCUT2D eigenvalue weighted by Gasteiger charge is -2.37. The molecule has 0 spiro atoms. The molecular weight excluding hydrogens is 261 g/mol. The molecule has 0 aromatic heterocycles. The van der Waals surface area contributed by atoms with Crippen LogP contribution in [0.25, 0.3) is 0 Å². The Hall–Kier alpha value is -0.210. The first-order valence-corrected chi connectivity index (χ1v) is 8.54. The number of hydrogen-bond donors (Lipinski definition) is 0. The van der Waals surface area contributed by atoms with Crippen molar-refractivity contribution in [1.29, 1.82) is 0 Å². The van der Waals surface area contributed by atoms with Gasteiger partial charge in [0.05, 0.1) is 0 Å². The Labute approximate surface area is 121 Å². The molecule has 0 amide bonds. The molecule has 0 atom stereocenters. The highest BCUT2D eigenvalue weighted by molar-refractivity contribution is 4.82. The SMILES string of the molecule is CCC1CCC(C2CCC(CCC(F)(F)F)CC2)CC1. The fourth-order valence-electron chi connectivity index (χ4n) is 4.38. The van der Waals surface area contributed by atoms with Crippen LogP contribution >= 0.6 is 0 Å². The molecule has 0 aromatic carbocycles. The molecule has 2 aliphatic rings. The minimum absolute atomic E-state index is 0.333. The molecule has 0 N–H and O–H groups in total. The molecule has 0 heterocycles. The van der Waals surface area contributed by atoms with Gasteiger partial charge in [-0.1, -0.05) is 39.0 Å². The second-order valence-electron chi connectivity index (χ2n) is 7.12. The molecule has 2 fully saturated rings. The van der Waals surface area contributed by atoms with Crippen LogP contribution in [0.3, 0.4) is 0 Å². The van der Waals surface area contributed by atoms with Crippen LogP contribution in [0.5, 0.6) is 0 Å². The van der Waals surface area contributed by atoms with Gasteiger partial charge in [-0.15, -0.1) is 0 Å². The van der Waals surface area contributed by atoms with Gasteiger partial charge in [-0.3, -0.25) is 0 Å². The Kier molecular flexibility index (Phi) is 5.80. The first-order chi connectivity index (χ1) is 9.48. The maximum absolute atomic E-state index is 12.2. The minimum atomic E-state index is -3.96. The van der Waals surface area contributed by atoms with Gasteiger partial charge in [0.1, 0.15) is 0 Å². The van der Waals surface area contributed by atoms with Crippen molar-refractivity contribution in [3.05, 3.63) is 0 Å². The van der Waals surface area contributed by atoms with E-state index in [-0.39, 0.29) is 0 Å². The van der Waals surface area contributed by atoms with Gasteiger partial charge in [-0.2, -0.15) is 13.2 Å². The number of halogens is 3. The van der Waals surface area contributed by atoms with E-state index in [1.54, 1.807) is 0 Å². The van der Waals surface area contributed by atoms with Crippen molar-refractivity contribution in [2.24, 2.45) is 23.7 Å². The summed E-state index contributed by atoms with van der Waals surface area (Å²) < 4.78 is 36.7. The van der Waals surface area contributed by atoms with E-state index in [0.29, 0.717) is 12.3 Å². The summed E-state index contributed by atoms with van der Waals surface area (Å²) in [5.41, 5.74) is 0. The predicted octanol–water partition coefficient (Wildman–Crippen LogP) is 6.35. The van der Waals surface area contributed by atoms with Crippen LogP contribution in [0, 0.1) is 23.7 Å². The van der Waals surface area contributed by atoms with Crippen molar-refractivity contribution in [3.63, 3.8) is 0 Å². The van der Waals surface area contributed by atoms with Crippen molar-refractivity contribution in [1.82, 2.24) is 0 Å². The normalized spacial score (nSPS) is 36.0. The second kappa shape index (κ2) is 7.17. The Morgan fingerprint density at radius 1 is 0.750 bits per heavy atom. The van der Waals surface area contributed by atoms with Crippen LogP contribution in [0.4, 0.5) is 13.2 Å². The zero-order valence-corrected chi connectivity index (χ0v) is 12.7. The average Bonchev–Trinajstić information content (AvgIpc) is 2.45. The zero-order valence-electron chi connectivity index (χ0n) is 12.7. The monoisotopic (exact) mass is 290 g/mol. The van der Waals surface area contributed by atoms with Crippen LogP contribution in [0.1, 0.15) is 77.6 Å². The van der Waals surface area contributed by atoms with E-state index >= 15 is 0 Å². The maximum Gasteiger partial charge on any atom is 0.389 e. The third-order valence-corrected chi connectivity index (χ3v) is 5.86. The number of rotatable bonds is 4. The molecule has 2 rings (SSSR count). The quantitative estimate of drug-likeness (QED) is 0.565. The summed E-state index contributed by atoms with van der Waals surface area (Å²) in [5.74, 6) is 2.96. The Morgan fingerprint density at radius 2 is 1.20 bits per heavy atom. The summed E-state index contributed by atoms with van der Waals surface area (Å²) in [5, 5.41) is 0.